The normalized spacial score (nSPS) is 10.9. The number of fused-ring (bicyclic) bond motifs is 1. The Balaban J connectivity index is 1.91. The molecule has 1 aromatic heterocycles. The number of aromatic nitrogens is 1. The Morgan fingerprint density at radius 2 is 2.29 bits per heavy atom. The largest absolute Gasteiger partial charge is 0.361 e. The van der Waals surface area contributed by atoms with Crippen molar-refractivity contribution in [3.05, 3.63) is 24.0 Å². The minimum Gasteiger partial charge on any atom is -0.361 e. The number of nitrogens with one attached hydrogen (secondary N) is 1. The minimum absolute atomic E-state index is 0.227. The van der Waals surface area contributed by atoms with Gasteiger partial charge in [-0.3, -0.25) is 0 Å². The first-order valence-electron chi connectivity index (χ1n) is 5.58. The first-order valence-corrected chi connectivity index (χ1v) is 7.79. The average molecular weight is 270 g/mol. The van der Waals surface area contributed by atoms with E-state index in [0.29, 0.717) is 0 Å². The van der Waals surface area contributed by atoms with Crippen LogP contribution >= 0.6 is 23.1 Å². The first-order chi connectivity index (χ1) is 8.29. The molecule has 0 amide bonds. The van der Waals surface area contributed by atoms with Gasteiger partial charge in [-0.2, -0.15) is 11.8 Å². The Morgan fingerprint density at radius 1 is 1.41 bits per heavy atom. The second-order valence-electron chi connectivity index (χ2n) is 3.76. The summed E-state index contributed by atoms with van der Waals surface area (Å²) in [5.41, 5.74) is 0.738. The quantitative estimate of drug-likeness (QED) is 0.803. The second kappa shape index (κ2) is 6.21. The van der Waals surface area contributed by atoms with Crippen molar-refractivity contribution in [3.8, 4) is 0 Å². The molecule has 2 aromatic rings. The third kappa shape index (κ3) is 3.57. The molecule has 0 saturated heterocycles. The van der Waals surface area contributed by atoms with E-state index in [1.165, 1.54) is 24.3 Å². The fraction of sp³-hybridized carbons (Fsp3) is 0.417. The van der Waals surface area contributed by atoms with Crippen LogP contribution in [-0.2, 0) is 0 Å². The van der Waals surface area contributed by atoms with Gasteiger partial charge in [0.25, 0.3) is 0 Å². The van der Waals surface area contributed by atoms with Crippen LogP contribution in [0.25, 0.3) is 10.2 Å². The Labute approximate surface area is 109 Å². The summed E-state index contributed by atoms with van der Waals surface area (Å²) >= 11 is 3.45. The predicted octanol–water partition coefficient (Wildman–Crippen LogP) is 3.99. The number of thioether (sulfide) groups is 1. The van der Waals surface area contributed by atoms with E-state index in [1.807, 2.05) is 11.8 Å². The van der Waals surface area contributed by atoms with Crippen molar-refractivity contribution >= 4 is 38.4 Å². The second-order valence-corrected chi connectivity index (χ2v) is 5.77. The molecule has 0 atom stereocenters. The van der Waals surface area contributed by atoms with Crippen LogP contribution in [0.4, 0.5) is 9.52 Å². The Kier molecular flexibility index (Phi) is 4.62. The summed E-state index contributed by atoms with van der Waals surface area (Å²) in [5, 5.41) is 4.17. The summed E-state index contributed by atoms with van der Waals surface area (Å²) in [6, 6.07) is 4.73. The van der Waals surface area contributed by atoms with Gasteiger partial charge in [0, 0.05) is 12.6 Å². The van der Waals surface area contributed by atoms with Gasteiger partial charge >= 0.3 is 0 Å². The van der Waals surface area contributed by atoms with Crippen molar-refractivity contribution in [3.63, 3.8) is 0 Å². The lowest BCUT2D eigenvalue weighted by Crippen LogP contribution is -2.01. The van der Waals surface area contributed by atoms with E-state index in [1.54, 1.807) is 17.4 Å². The summed E-state index contributed by atoms with van der Waals surface area (Å²) < 4.78 is 14.0. The summed E-state index contributed by atoms with van der Waals surface area (Å²) in [5.74, 6) is 0.974. The van der Waals surface area contributed by atoms with Gasteiger partial charge in [0.2, 0.25) is 0 Å². The molecule has 0 fully saturated rings. The molecule has 1 heterocycles. The van der Waals surface area contributed by atoms with Crippen molar-refractivity contribution < 1.29 is 4.39 Å². The zero-order valence-electron chi connectivity index (χ0n) is 9.70. The number of unbranched alkanes of at least 4 members (excludes halogenated alkanes) is 1. The highest BCUT2D eigenvalue weighted by molar-refractivity contribution is 7.98. The number of hydrogen-bond acceptors (Lipinski definition) is 4. The standard InChI is InChI=1S/C12H15FN2S2/c1-16-7-3-2-6-14-12-15-10-8-9(13)4-5-11(10)17-12/h4-5,8H,2-3,6-7H2,1H3,(H,14,15). The fourth-order valence-corrected chi connectivity index (χ4v) is 2.91. The van der Waals surface area contributed by atoms with Crippen molar-refractivity contribution in [2.45, 2.75) is 12.8 Å². The third-order valence-electron chi connectivity index (χ3n) is 2.40. The van der Waals surface area contributed by atoms with Crippen molar-refractivity contribution in [1.82, 2.24) is 4.98 Å². The Hall–Kier alpha value is -0.810. The zero-order chi connectivity index (χ0) is 12.1. The van der Waals surface area contributed by atoms with E-state index in [0.717, 1.165) is 28.3 Å². The van der Waals surface area contributed by atoms with Gasteiger partial charge in [-0.1, -0.05) is 11.3 Å². The van der Waals surface area contributed by atoms with E-state index in [-0.39, 0.29) is 5.82 Å². The molecule has 0 aliphatic heterocycles. The van der Waals surface area contributed by atoms with Crippen LogP contribution < -0.4 is 5.32 Å². The molecule has 2 nitrogen and oxygen atoms in total. The van der Waals surface area contributed by atoms with Crippen LogP contribution in [0.1, 0.15) is 12.8 Å². The minimum atomic E-state index is -0.227. The highest BCUT2D eigenvalue weighted by Gasteiger charge is 2.03. The molecule has 92 valence electrons. The van der Waals surface area contributed by atoms with E-state index in [4.69, 9.17) is 0 Å². The molecule has 1 aromatic carbocycles. The molecule has 0 aliphatic carbocycles. The lowest BCUT2D eigenvalue weighted by atomic mass is 10.3. The van der Waals surface area contributed by atoms with Crippen molar-refractivity contribution in [2.24, 2.45) is 0 Å². The number of thiazole rings is 1. The number of anilines is 1. The third-order valence-corrected chi connectivity index (χ3v) is 4.09. The summed E-state index contributed by atoms with van der Waals surface area (Å²) in [6.45, 7) is 0.933. The first kappa shape index (κ1) is 12.6. The van der Waals surface area contributed by atoms with Gasteiger partial charge < -0.3 is 5.32 Å². The van der Waals surface area contributed by atoms with E-state index < -0.39 is 0 Å². The van der Waals surface area contributed by atoms with Crippen LogP contribution in [0, 0.1) is 5.82 Å². The van der Waals surface area contributed by atoms with E-state index in [2.05, 4.69) is 16.6 Å². The predicted molar refractivity (Wildman–Crippen MR) is 75.7 cm³/mol. The molecule has 2 rings (SSSR count). The van der Waals surface area contributed by atoms with Crippen molar-refractivity contribution in [1.29, 1.82) is 0 Å². The molecule has 0 radical (unpaired) electrons. The molecule has 1 N–H and O–H groups in total. The highest BCUT2D eigenvalue weighted by Crippen LogP contribution is 2.26. The molecule has 0 unspecified atom stereocenters. The maximum Gasteiger partial charge on any atom is 0.183 e. The number of benzene rings is 1. The summed E-state index contributed by atoms with van der Waals surface area (Å²) in [4.78, 5) is 4.35. The Bertz CT molecular complexity index is 484. The van der Waals surface area contributed by atoms with Gasteiger partial charge in [-0.15, -0.1) is 0 Å². The molecule has 0 bridgehead atoms. The topological polar surface area (TPSA) is 24.9 Å². The molecule has 17 heavy (non-hydrogen) atoms. The molecular formula is C12H15FN2S2. The van der Waals surface area contributed by atoms with Crippen LogP contribution in [0.5, 0.6) is 0 Å². The number of rotatable bonds is 6. The number of hydrogen-bond donors (Lipinski definition) is 1. The smallest absolute Gasteiger partial charge is 0.183 e. The lowest BCUT2D eigenvalue weighted by molar-refractivity contribution is 0.629. The van der Waals surface area contributed by atoms with Crippen LogP contribution in [0.3, 0.4) is 0 Å². The number of nitrogens with zero attached hydrogens (tertiary/aromatic N) is 1. The fourth-order valence-electron chi connectivity index (χ4n) is 1.54. The van der Waals surface area contributed by atoms with Gasteiger partial charge in [-0.25, -0.2) is 9.37 Å². The van der Waals surface area contributed by atoms with Gasteiger partial charge in [0.15, 0.2) is 5.13 Å². The zero-order valence-corrected chi connectivity index (χ0v) is 11.3. The molecule has 0 saturated carbocycles. The van der Waals surface area contributed by atoms with E-state index in [9.17, 15) is 4.39 Å². The summed E-state index contributed by atoms with van der Waals surface area (Å²) in [7, 11) is 0. The van der Waals surface area contributed by atoms with Crippen LogP contribution in [0.2, 0.25) is 0 Å². The Morgan fingerprint density at radius 3 is 3.12 bits per heavy atom. The molecule has 0 spiro atoms. The highest BCUT2D eigenvalue weighted by atomic mass is 32.2. The molecule has 0 aliphatic rings. The molecular weight excluding hydrogens is 255 g/mol. The van der Waals surface area contributed by atoms with Gasteiger partial charge in [-0.05, 0) is 37.0 Å². The van der Waals surface area contributed by atoms with Crippen LogP contribution in [-0.4, -0.2) is 23.5 Å². The van der Waals surface area contributed by atoms with E-state index >= 15 is 0 Å². The van der Waals surface area contributed by atoms with Crippen molar-refractivity contribution in [2.75, 3.05) is 23.9 Å². The monoisotopic (exact) mass is 270 g/mol. The number of halogens is 1. The SMILES string of the molecule is CSCCCCNc1nc2cc(F)ccc2s1. The summed E-state index contributed by atoms with van der Waals surface area (Å²) in [6.07, 6.45) is 4.48. The molecule has 5 heteroatoms. The maximum atomic E-state index is 13.0. The van der Waals surface area contributed by atoms with Gasteiger partial charge in [0.1, 0.15) is 5.82 Å². The lowest BCUT2D eigenvalue weighted by Gasteiger charge is -2.00. The van der Waals surface area contributed by atoms with Crippen LogP contribution in [0.15, 0.2) is 18.2 Å². The van der Waals surface area contributed by atoms with Gasteiger partial charge in [0.05, 0.1) is 10.2 Å². The average Bonchev–Trinajstić information content (AvgIpc) is 2.70. The maximum absolute atomic E-state index is 13.0.